The summed E-state index contributed by atoms with van der Waals surface area (Å²) in [6.07, 6.45) is 5.45. The molecule has 6 heteroatoms. The van der Waals surface area contributed by atoms with Gasteiger partial charge in [0.15, 0.2) is 6.19 Å². The molecule has 0 bridgehead atoms. The molecule has 0 amide bonds. The molecule has 0 aromatic carbocycles. The minimum Gasteiger partial charge on any atom is -0.481 e. The fourth-order valence-corrected chi connectivity index (χ4v) is 0.794. The molecule has 1 aliphatic heterocycles. The highest BCUT2D eigenvalue weighted by Gasteiger charge is 2.03. The summed E-state index contributed by atoms with van der Waals surface area (Å²) < 4.78 is 0. The highest BCUT2D eigenvalue weighted by atomic mass is 16.4. The third-order valence-corrected chi connectivity index (χ3v) is 1.34. The van der Waals surface area contributed by atoms with Gasteiger partial charge in [0.2, 0.25) is 0 Å². The van der Waals surface area contributed by atoms with Crippen LogP contribution < -0.4 is 5.73 Å². The van der Waals surface area contributed by atoms with Crippen molar-refractivity contribution in [3.63, 3.8) is 0 Å². The van der Waals surface area contributed by atoms with E-state index in [4.69, 9.17) is 15.2 Å². The Bertz CT molecular complexity index is 231. The zero-order chi connectivity index (χ0) is 12.3. The standard InChI is InChI=1S/C6H12N2.C2H4O2.CH2N2/c1-3-8-5-4-7(2)6-8;1-2(3)4;2-1-3/h4-5H,3,6H2,1-2H3;1H3,(H,3,4);2H2. The van der Waals surface area contributed by atoms with Crippen LogP contribution in [0.5, 0.6) is 0 Å². The van der Waals surface area contributed by atoms with Gasteiger partial charge in [0.1, 0.15) is 0 Å². The van der Waals surface area contributed by atoms with E-state index in [9.17, 15) is 0 Å². The van der Waals surface area contributed by atoms with Crippen LogP contribution in [0.1, 0.15) is 13.8 Å². The zero-order valence-corrected chi connectivity index (χ0v) is 9.34. The SMILES string of the molecule is CC(=O)O.CCN1C=CN(C)C1.N#CN. The van der Waals surface area contributed by atoms with Crippen molar-refractivity contribution in [2.24, 2.45) is 5.73 Å². The largest absolute Gasteiger partial charge is 0.481 e. The smallest absolute Gasteiger partial charge is 0.300 e. The summed E-state index contributed by atoms with van der Waals surface area (Å²) in [4.78, 5) is 13.4. The Morgan fingerprint density at radius 3 is 2.20 bits per heavy atom. The molecular weight excluding hydrogens is 196 g/mol. The molecule has 0 saturated carbocycles. The molecule has 0 unspecified atom stereocenters. The van der Waals surface area contributed by atoms with Crippen LogP contribution in [0.4, 0.5) is 0 Å². The quantitative estimate of drug-likeness (QED) is 0.478. The van der Waals surface area contributed by atoms with Crippen molar-refractivity contribution in [1.29, 1.82) is 5.26 Å². The van der Waals surface area contributed by atoms with Crippen molar-refractivity contribution in [2.45, 2.75) is 13.8 Å². The van der Waals surface area contributed by atoms with Gasteiger partial charge >= 0.3 is 0 Å². The summed E-state index contributed by atoms with van der Waals surface area (Å²) in [7, 11) is 2.08. The molecule has 1 heterocycles. The van der Waals surface area contributed by atoms with Crippen LogP contribution in [0.3, 0.4) is 0 Å². The first kappa shape index (κ1) is 15.6. The molecule has 6 nitrogen and oxygen atoms in total. The van der Waals surface area contributed by atoms with Gasteiger partial charge in [-0.25, -0.2) is 0 Å². The average Bonchev–Trinajstić information content (AvgIpc) is 2.51. The van der Waals surface area contributed by atoms with Crippen LogP contribution in [0.25, 0.3) is 0 Å². The fraction of sp³-hybridized carbons (Fsp3) is 0.556. The van der Waals surface area contributed by atoms with Crippen LogP contribution in [0.15, 0.2) is 12.4 Å². The monoisotopic (exact) mass is 214 g/mol. The van der Waals surface area contributed by atoms with Crippen molar-refractivity contribution in [2.75, 3.05) is 20.3 Å². The molecule has 0 fully saturated rings. The van der Waals surface area contributed by atoms with Gasteiger partial charge in [0, 0.05) is 32.9 Å². The predicted octanol–water partition coefficient (Wildman–Crippen LogP) is 0.199. The fourth-order valence-electron chi connectivity index (χ4n) is 0.794. The minimum atomic E-state index is -0.833. The van der Waals surface area contributed by atoms with E-state index in [1.165, 1.54) is 6.19 Å². The highest BCUT2D eigenvalue weighted by molar-refractivity contribution is 5.62. The first-order chi connectivity index (χ1) is 6.97. The van der Waals surface area contributed by atoms with Gasteiger partial charge in [0.25, 0.3) is 5.97 Å². The number of nitriles is 1. The summed E-state index contributed by atoms with van der Waals surface area (Å²) in [5.41, 5.74) is 4.15. The molecular formula is C9H18N4O2. The first-order valence-electron chi connectivity index (χ1n) is 4.39. The van der Waals surface area contributed by atoms with Gasteiger partial charge in [-0.2, -0.15) is 5.26 Å². The summed E-state index contributed by atoms with van der Waals surface area (Å²) in [6, 6.07) is 0. The zero-order valence-electron chi connectivity index (χ0n) is 9.34. The van der Waals surface area contributed by atoms with Crippen molar-refractivity contribution in [3.05, 3.63) is 12.4 Å². The van der Waals surface area contributed by atoms with E-state index in [1.807, 2.05) is 0 Å². The number of rotatable bonds is 1. The van der Waals surface area contributed by atoms with Crippen LogP contribution in [-0.4, -0.2) is 41.1 Å². The lowest BCUT2D eigenvalue weighted by atomic mass is 10.6. The molecule has 0 atom stereocenters. The number of carbonyl (C=O) groups is 1. The Kier molecular flexibility index (Phi) is 10.6. The van der Waals surface area contributed by atoms with Crippen LogP contribution in [0, 0.1) is 11.5 Å². The Balaban J connectivity index is 0. The molecule has 1 rings (SSSR count). The lowest BCUT2D eigenvalue weighted by Crippen LogP contribution is -2.21. The van der Waals surface area contributed by atoms with Crippen molar-refractivity contribution in [3.8, 4) is 6.19 Å². The molecule has 1 aliphatic rings. The summed E-state index contributed by atoms with van der Waals surface area (Å²) in [6.45, 7) is 5.40. The predicted molar refractivity (Wildman–Crippen MR) is 57.3 cm³/mol. The van der Waals surface area contributed by atoms with E-state index >= 15 is 0 Å². The molecule has 0 saturated heterocycles. The van der Waals surface area contributed by atoms with Crippen molar-refractivity contribution in [1.82, 2.24) is 9.80 Å². The van der Waals surface area contributed by atoms with E-state index in [2.05, 4.69) is 41.9 Å². The Hall–Kier alpha value is -1.90. The van der Waals surface area contributed by atoms with Gasteiger partial charge < -0.3 is 20.6 Å². The Labute approximate surface area is 90.2 Å². The second-order valence-corrected chi connectivity index (χ2v) is 2.75. The van der Waals surface area contributed by atoms with E-state index in [0.717, 1.165) is 20.1 Å². The number of carboxylic acids is 1. The number of carboxylic acid groups (broad SMARTS) is 1. The van der Waals surface area contributed by atoms with Crippen molar-refractivity contribution < 1.29 is 9.90 Å². The second-order valence-electron chi connectivity index (χ2n) is 2.75. The number of nitrogens with zero attached hydrogens (tertiary/aromatic N) is 3. The molecule has 0 spiro atoms. The molecule has 0 aromatic heterocycles. The highest BCUT2D eigenvalue weighted by Crippen LogP contribution is 2.00. The molecule has 0 aromatic rings. The topological polar surface area (TPSA) is 93.6 Å². The normalized spacial score (nSPS) is 11.9. The third kappa shape index (κ3) is 14.9. The van der Waals surface area contributed by atoms with E-state index in [-0.39, 0.29) is 0 Å². The number of aliphatic carboxylic acids is 1. The number of nitrogens with two attached hydrogens (primary N) is 1. The van der Waals surface area contributed by atoms with Crippen LogP contribution >= 0.6 is 0 Å². The van der Waals surface area contributed by atoms with Gasteiger partial charge in [-0.3, -0.25) is 4.79 Å². The van der Waals surface area contributed by atoms with Crippen molar-refractivity contribution >= 4 is 5.97 Å². The van der Waals surface area contributed by atoms with Gasteiger partial charge in [-0.05, 0) is 6.92 Å². The van der Waals surface area contributed by atoms with E-state index in [0.29, 0.717) is 0 Å². The molecule has 0 aliphatic carbocycles. The second kappa shape index (κ2) is 10.2. The lowest BCUT2D eigenvalue weighted by molar-refractivity contribution is -0.134. The summed E-state index contributed by atoms with van der Waals surface area (Å²) >= 11 is 0. The molecule has 0 radical (unpaired) electrons. The van der Waals surface area contributed by atoms with Gasteiger partial charge in [-0.15, -0.1) is 0 Å². The maximum Gasteiger partial charge on any atom is 0.300 e. The number of hydrogen-bond acceptors (Lipinski definition) is 5. The van der Waals surface area contributed by atoms with Gasteiger partial charge in [-0.1, -0.05) is 0 Å². The summed E-state index contributed by atoms with van der Waals surface area (Å²) in [5.74, 6) is -0.833. The minimum absolute atomic E-state index is 0.833. The molecule has 86 valence electrons. The molecule has 15 heavy (non-hydrogen) atoms. The lowest BCUT2D eigenvalue weighted by Gasteiger charge is -2.14. The van der Waals surface area contributed by atoms with E-state index < -0.39 is 5.97 Å². The average molecular weight is 214 g/mol. The Morgan fingerprint density at radius 2 is 2.07 bits per heavy atom. The maximum atomic E-state index is 9.00. The number of hydrogen-bond donors (Lipinski definition) is 2. The third-order valence-electron chi connectivity index (χ3n) is 1.34. The first-order valence-corrected chi connectivity index (χ1v) is 4.39. The Morgan fingerprint density at radius 1 is 1.67 bits per heavy atom. The van der Waals surface area contributed by atoms with Crippen LogP contribution in [-0.2, 0) is 4.79 Å². The van der Waals surface area contributed by atoms with E-state index in [1.54, 1.807) is 0 Å². The molecule has 3 N–H and O–H groups in total. The summed E-state index contributed by atoms with van der Waals surface area (Å²) in [5, 5.41) is 14.5. The maximum absolute atomic E-state index is 9.00. The van der Waals surface area contributed by atoms with Gasteiger partial charge in [0.05, 0.1) is 6.67 Å². The van der Waals surface area contributed by atoms with Crippen LogP contribution in [0.2, 0.25) is 0 Å².